The van der Waals surface area contributed by atoms with Gasteiger partial charge in [0.05, 0.1) is 22.6 Å². The number of anilines is 1. The van der Waals surface area contributed by atoms with Gasteiger partial charge < -0.3 is 18.6 Å². The smallest absolute Gasteiger partial charge is 0.345 e. The van der Waals surface area contributed by atoms with Gasteiger partial charge in [-0.25, -0.2) is 9.78 Å². The van der Waals surface area contributed by atoms with Crippen LogP contribution in [0.1, 0.15) is 39.1 Å². The molecule has 0 saturated carbocycles. The quantitative estimate of drug-likeness (QED) is 0.373. The maximum atomic E-state index is 12.8. The maximum Gasteiger partial charge on any atom is 0.345 e. The van der Waals surface area contributed by atoms with Crippen molar-refractivity contribution in [3.8, 4) is 11.3 Å². The first kappa shape index (κ1) is 24.5. The van der Waals surface area contributed by atoms with Crippen molar-refractivity contribution >= 4 is 22.3 Å². The number of rotatable bonds is 7. The van der Waals surface area contributed by atoms with E-state index >= 15 is 0 Å². The summed E-state index contributed by atoms with van der Waals surface area (Å²) < 4.78 is 7.63. The van der Waals surface area contributed by atoms with E-state index in [0.29, 0.717) is 16.8 Å². The van der Waals surface area contributed by atoms with Crippen molar-refractivity contribution in [3.63, 3.8) is 0 Å². The van der Waals surface area contributed by atoms with Gasteiger partial charge in [0.25, 0.3) is 0 Å². The minimum absolute atomic E-state index is 0.385. The van der Waals surface area contributed by atoms with Gasteiger partial charge in [-0.05, 0) is 52.6 Å². The Labute approximate surface area is 195 Å². The van der Waals surface area contributed by atoms with Gasteiger partial charge in [0.2, 0.25) is 0 Å². The summed E-state index contributed by atoms with van der Waals surface area (Å²) in [6, 6.07) is 7.92. The molecule has 0 amide bonds. The fourth-order valence-corrected chi connectivity index (χ4v) is 3.83. The molecular weight excluding hydrogens is 414 g/mol. The largest absolute Gasteiger partial charge is 0.422 e. The normalized spacial score (nSPS) is 11.2. The van der Waals surface area contributed by atoms with E-state index < -0.39 is 0 Å². The van der Waals surface area contributed by atoms with Crippen LogP contribution in [-0.4, -0.2) is 52.5 Å². The number of hydrogen-bond donors (Lipinski definition) is 0. The highest BCUT2D eigenvalue weighted by Gasteiger charge is 2.14. The molecule has 0 saturated heterocycles. The maximum absolute atomic E-state index is 12.8. The van der Waals surface area contributed by atoms with Gasteiger partial charge in [-0.3, -0.25) is 4.98 Å². The van der Waals surface area contributed by atoms with Crippen LogP contribution in [0.5, 0.6) is 0 Å². The number of likely N-dealkylation sites (N-methyl/N-ethyl adjacent to an activating group) is 2. The third-order valence-corrected chi connectivity index (χ3v) is 5.76. The summed E-state index contributed by atoms with van der Waals surface area (Å²) in [5.41, 5.74) is 4.78. The van der Waals surface area contributed by atoms with Crippen LogP contribution in [0.25, 0.3) is 27.9 Å². The molecule has 0 spiro atoms. The fourth-order valence-electron chi connectivity index (χ4n) is 3.83. The predicted molar refractivity (Wildman–Crippen MR) is 136 cm³/mol. The number of fused-ring (bicyclic) bond motifs is 2. The van der Waals surface area contributed by atoms with Gasteiger partial charge in [0.15, 0.2) is 5.65 Å². The topological polar surface area (TPSA) is 66.9 Å². The van der Waals surface area contributed by atoms with Crippen LogP contribution in [0.3, 0.4) is 0 Å². The van der Waals surface area contributed by atoms with E-state index in [0.717, 1.165) is 54.3 Å². The van der Waals surface area contributed by atoms with Crippen molar-refractivity contribution in [2.24, 2.45) is 0 Å². The zero-order chi connectivity index (χ0) is 24.1. The summed E-state index contributed by atoms with van der Waals surface area (Å²) in [5, 5.41) is 0.878. The van der Waals surface area contributed by atoms with E-state index in [9.17, 15) is 4.79 Å². The van der Waals surface area contributed by atoms with Gasteiger partial charge in [-0.15, -0.1) is 0 Å². The first-order valence-corrected chi connectivity index (χ1v) is 11.7. The lowest BCUT2D eigenvalue weighted by Crippen LogP contribution is -2.33. The van der Waals surface area contributed by atoms with Crippen LogP contribution in [-0.2, 0) is 0 Å². The fraction of sp³-hybridized carbons (Fsp3) is 0.423. The summed E-state index contributed by atoms with van der Waals surface area (Å²) >= 11 is 0. The lowest BCUT2D eigenvalue weighted by Gasteiger charge is -2.26. The molecule has 1 aromatic carbocycles. The molecule has 176 valence electrons. The number of aromatic nitrogens is 3. The molecule has 3 heterocycles. The molecule has 0 radical (unpaired) electrons. The third-order valence-electron chi connectivity index (χ3n) is 5.76. The lowest BCUT2D eigenvalue weighted by atomic mass is 10.1. The minimum atomic E-state index is -0.385. The number of aryl methyl sites for hydroxylation is 2. The van der Waals surface area contributed by atoms with Crippen LogP contribution in [0, 0.1) is 13.8 Å². The molecule has 0 N–H and O–H groups in total. The predicted octanol–water partition coefficient (Wildman–Crippen LogP) is 4.92. The summed E-state index contributed by atoms with van der Waals surface area (Å²) in [6.45, 7) is 16.0. The molecule has 3 aromatic heterocycles. The van der Waals surface area contributed by atoms with Gasteiger partial charge in [-0.1, -0.05) is 20.8 Å². The molecule has 0 aliphatic rings. The Kier molecular flexibility index (Phi) is 7.87. The second-order valence-electron chi connectivity index (χ2n) is 7.97. The molecule has 0 fully saturated rings. The Morgan fingerprint density at radius 3 is 2.45 bits per heavy atom. The molecule has 4 rings (SSSR count). The van der Waals surface area contributed by atoms with E-state index in [2.05, 4.69) is 46.7 Å². The second-order valence-corrected chi connectivity index (χ2v) is 7.97. The highest BCUT2D eigenvalue weighted by atomic mass is 16.4. The summed E-state index contributed by atoms with van der Waals surface area (Å²) in [6.07, 6.45) is 3.76. The highest BCUT2D eigenvalue weighted by Crippen LogP contribution is 2.25. The van der Waals surface area contributed by atoms with Crippen molar-refractivity contribution in [1.82, 2.24) is 19.3 Å². The molecular formula is C26H35N5O2. The number of benzene rings is 1. The van der Waals surface area contributed by atoms with Crippen LogP contribution in [0.2, 0.25) is 0 Å². The molecule has 0 aliphatic carbocycles. The molecule has 33 heavy (non-hydrogen) atoms. The summed E-state index contributed by atoms with van der Waals surface area (Å²) in [5.74, 6) is 0. The number of hydrogen-bond acceptors (Lipinski definition) is 6. The second kappa shape index (κ2) is 10.6. The van der Waals surface area contributed by atoms with Gasteiger partial charge >= 0.3 is 5.63 Å². The molecule has 0 aliphatic heterocycles. The van der Waals surface area contributed by atoms with Crippen molar-refractivity contribution in [1.29, 1.82) is 0 Å². The lowest BCUT2D eigenvalue weighted by molar-refractivity contribution is 0.359. The van der Waals surface area contributed by atoms with Crippen LogP contribution in [0.15, 0.2) is 45.9 Å². The Morgan fingerprint density at radius 1 is 1.00 bits per heavy atom. The molecule has 4 aromatic rings. The van der Waals surface area contributed by atoms with E-state index in [-0.39, 0.29) is 5.63 Å². The van der Waals surface area contributed by atoms with Crippen LogP contribution >= 0.6 is 0 Å². The van der Waals surface area contributed by atoms with Crippen molar-refractivity contribution < 1.29 is 4.42 Å². The Hall–Kier alpha value is -3.19. The van der Waals surface area contributed by atoms with E-state index in [1.807, 2.05) is 62.7 Å². The molecule has 7 heteroatoms. The molecule has 0 atom stereocenters. The standard InChI is InChI=1S/C24H29N5O2.C2H6/c1-6-27(5)10-11-28(7-2)19-9-8-18-12-20(24(30)31-22(18)13-19)21-15-29-14-16(3)25-17(4)23(29)26-21;1-2/h8-9,12-15H,6-7,10-11H2,1-5H3;1-2H3. The monoisotopic (exact) mass is 449 g/mol. The zero-order valence-corrected chi connectivity index (χ0v) is 20.8. The Bertz CT molecular complexity index is 1290. The first-order chi connectivity index (χ1) is 15.9. The zero-order valence-electron chi connectivity index (χ0n) is 20.8. The van der Waals surface area contributed by atoms with Crippen LogP contribution < -0.4 is 10.5 Å². The van der Waals surface area contributed by atoms with Gasteiger partial charge in [-0.2, -0.15) is 0 Å². The third kappa shape index (κ3) is 5.25. The van der Waals surface area contributed by atoms with Crippen molar-refractivity contribution in [2.75, 3.05) is 38.1 Å². The highest BCUT2D eigenvalue weighted by molar-refractivity contribution is 5.84. The van der Waals surface area contributed by atoms with E-state index in [1.54, 1.807) is 0 Å². The Morgan fingerprint density at radius 2 is 1.76 bits per heavy atom. The molecule has 7 nitrogen and oxygen atoms in total. The van der Waals surface area contributed by atoms with E-state index in [1.165, 1.54) is 0 Å². The summed E-state index contributed by atoms with van der Waals surface area (Å²) in [7, 11) is 2.12. The SMILES string of the molecule is CC.CCN(C)CCN(CC)c1ccc2cc(-c3cn4cc(C)nc(C)c4n3)c(=O)oc2c1. The van der Waals surface area contributed by atoms with Crippen molar-refractivity contribution in [3.05, 3.63) is 58.5 Å². The van der Waals surface area contributed by atoms with E-state index in [4.69, 9.17) is 4.42 Å². The average molecular weight is 450 g/mol. The van der Waals surface area contributed by atoms with Gasteiger partial charge in [0, 0.05) is 49.2 Å². The average Bonchev–Trinajstić information content (AvgIpc) is 3.24. The van der Waals surface area contributed by atoms with Gasteiger partial charge in [0.1, 0.15) is 5.58 Å². The Balaban J connectivity index is 0.00000149. The van der Waals surface area contributed by atoms with Crippen LogP contribution in [0.4, 0.5) is 5.69 Å². The number of imidazole rings is 1. The minimum Gasteiger partial charge on any atom is -0.422 e. The summed E-state index contributed by atoms with van der Waals surface area (Å²) in [4.78, 5) is 26.5. The van der Waals surface area contributed by atoms with Crippen molar-refractivity contribution in [2.45, 2.75) is 41.5 Å². The first-order valence-electron chi connectivity index (χ1n) is 11.7. The number of nitrogens with zero attached hydrogens (tertiary/aromatic N) is 5. The molecule has 0 bridgehead atoms. The molecule has 0 unspecified atom stereocenters.